The first-order chi connectivity index (χ1) is 15.9. The van der Waals surface area contributed by atoms with E-state index in [1.165, 1.54) is 13.2 Å². The van der Waals surface area contributed by atoms with E-state index in [9.17, 15) is 35.9 Å². The lowest BCUT2D eigenvalue weighted by atomic mass is 9.95. The number of alkyl halides is 6. The quantitative estimate of drug-likeness (QED) is 0.645. The number of amides is 1. The minimum Gasteiger partial charge on any atom is -0.452 e. The molecule has 34 heavy (non-hydrogen) atoms. The molecule has 0 spiro atoms. The van der Waals surface area contributed by atoms with Gasteiger partial charge in [-0.05, 0) is 31.0 Å². The van der Waals surface area contributed by atoms with E-state index in [1.807, 2.05) is 0 Å². The second-order valence-corrected chi connectivity index (χ2v) is 7.74. The van der Waals surface area contributed by atoms with Crippen LogP contribution in [0.3, 0.4) is 0 Å². The van der Waals surface area contributed by atoms with Gasteiger partial charge in [0.15, 0.2) is 5.78 Å². The minimum absolute atomic E-state index is 0.0560. The molecule has 0 aromatic heterocycles. The first-order valence-electron chi connectivity index (χ1n) is 10.1. The first-order valence-corrected chi connectivity index (χ1v) is 10.1. The molecule has 2 aliphatic rings. The largest absolute Gasteiger partial charge is 0.452 e. The summed E-state index contributed by atoms with van der Waals surface area (Å²) in [6.07, 6.45) is -14.3. The maximum Gasteiger partial charge on any atom is 0.433 e. The number of carbonyl (C=O) groups is 2. The van der Waals surface area contributed by atoms with Crippen LogP contribution >= 0.6 is 0 Å². The van der Waals surface area contributed by atoms with Crippen LogP contribution in [0.1, 0.15) is 24.0 Å². The van der Waals surface area contributed by atoms with Gasteiger partial charge in [0.25, 0.3) is 0 Å². The van der Waals surface area contributed by atoms with Gasteiger partial charge < -0.3 is 14.4 Å². The Morgan fingerprint density at radius 2 is 1.94 bits per heavy atom. The lowest BCUT2D eigenvalue weighted by Gasteiger charge is -2.27. The zero-order chi connectivity index (χ0) is 25.3. The minimum atomic E-state index is -5.01. The van der Waals surface area contributed by atoms with Crippen LogP contribution in [-0.2, 0) is 20.4 Å². The maximum absolute atomic E-state index is 13.7. The molecule has 1 unspecified atom stereocenters. The molecular formula is C20H20F6N4O4. The summed E-state index contributed by atoms with van der Waals surface area (Å²) < 4.78 is 90.6. The van der Waals surface area contributed by atoms with Crippen LogP contribution in [0.2, 0.25) is 0 Å². The average molecular weight is 494 g/mol. The molecule has 8 nitrogen and oxygen atoms in total. The van der Waals surface area contributed by atoms with Crippen LogP contribution in [0.5, 0.6) is 0 Å². The van der Waals surface area contributed by atoms with Crippen molar-refractivity contribution in [2.45, 2.75) is 37.5 Å². The van der Waals surface area contributed by atoms with E-state index in [0.717, 1.165) is 17.1 Å². The summed E-state index contributed by atoms with van der Waals surface area (Å²) in [5.74, 6) is -1.46. The summed E-state index contributed by atoms with van der Waals surface area (Å²) >= 11 is 0. The van der Waals surface area contributed by atoms with Gasteiger partial charge in [-0.2, -0.15) is 31.6 Å². The second-order valence-electron chi connectivity index (χ2n) is 7.74. The standard InChI is InChI=1S/C20H20F6N4O4/c1-33-18(32)30-6-2-3-12(9-28-30)16(31)15-10-29(17(34-15)20(24,25)26)13-5-4-11(8-27)14(7-13)19(21,22)23/h4-5,7,12,15,17,28H,2-3,6,9-10H2,1H3/t12?,15-,17+/m0/s1. The van der Waals surface area contributed by atoms with Crippen molar-refractivity contribution in [1.29, 1.82) is 5.26 Å². The molecule has 3 rings (SSSR count). The molecule has 2 saturated heterocycles. The SMILES string of the molecule is COC(=O)N1CCCC(C(=O)[C@@H]2CN(c3ccc(C#N)c(C(F)(F)F)c3)[C@@H](C(F)(F)F)O2)CN1. The lowest BCUT2D eigenvalue weighted by molar-refractivity contribution is -0.213. The lowest BCUT2D eigenvalue weighted by Crippen LogP contribution is -2.45. The molecule has 0 aliphatic carbocycles. The number of nitriles is 1. The molecule has 0 bridgehead atoms. The van der Waals surface area contributed by atoms with E-state index in [0.29, 0.717) is 17.4 Å². The number of nitrogens with zero attached hydrogens (tertiary/aromatic N) is 3. The van der Waals surface area contributed by atoms with Crippen molar-refractivity contribution in [3.05, 3.63) is 29.3 Å². The number of hydrogen-bond donors (Lipinski definition) is 1. The van der Waals surface area contributed by atoms with Crippen molar-refractivity contribution >= 4 is 17.6 Å². The van der Waals surface area contributed by atoms with E-state index in [-0.39, 0.29) is 19.5 Å². The summed E-state index contributed by atoms with van der Waals surface area (Å²) in [5, 5.41) is 10.1. The fraction of sp³-hybridized carbons (Fsp3) is 0.550. The predicted molar refractivity (Wildman–Crippen MR) is 103 cm³/mol. The zero-order valence-corrected chi connectivity index (χ0v) is 17.7. The predicted octanol–water partition coefficient (Wildman–Crippen LogP) is 3.22. The Labute approximate surface area is 190 Å². The molecular weight excluding hydrogens is 474 g/mol. The van der Waals surface area contributed by atoms with Crippen LogP contribution in [-0.4, -0.2) is 62.1 Å². The Balaban J connectivity index is 1.84. The fourth-order valence-electron chi connectivity index (χ4n) is 3.91. The molecule has 0 saturated carbocycles. The van der Waals surface area contributed by atoms with E-state index >= 15 is 0 Å². The number of rotatable bonds is 3. The maximum atomic E-state index is 13.7. The Morgan fingerprint density at radius 3 is 2.53 bits per heavy atom. The monoisotopic (exact) mass is 494 g/mol. The van der Waals surface area contributed by atoms with Crippen LogP contribution in [0.25, 0.3) is 0 Å². The smallest absolute Gasteiger partial charge is 0.433 e. The summed E-state index contributed by atoms with van der Waals surface area (Å²) in [4.78, 5) is 25.1. The van der Waals surface area contributed by atoms with Gasteiger partial charge in [-0.1, -0.05) is 0 Å². The topological polar surface area (TPSA) is 94.9 Å². The van der Waals surface area contributed by atoms with E-state index in [1.54, 1.807) is 0 Å². The molecule has 1 N–H and O–H groups in total. The fourth-order valence-corrected chi connectivity index (χ4v) is 3.91. The molecule has 3 atom stereocenters. The summed E-state index contributed by atoms with van der Waals surface area (Å²) in [5.41, 5.74) is 0.0795. The highest BCUT2D eigenvalue weighted by Crippen LogP contribution is 2.39. The average Bonchev–Trinajstić information content (AvgIpc) is 3.09. The van der Waals surface area contributed by atoms with Crippen molar-refractivity contribution in [2.24, 2.45) is 5.92 Å². The van der Waals surface area contributed by atoms with Crippen molar-refractivity contribution < 1.29 is 45.4 Å². The van der Waals surface area contributed by atoms with Crippen LogP contribution in [0.4, 0.5) is 36.8 Å². The Kier molecular flexibility index (Phi) is 7.27. The highest BCUT2D eigenvalue weighted by atomic mass is 19.4. The van der Waals surface area contributed by atoms with Crippen LogP contribution in [0.15, 0.2) is 18.2 Å². The molecule has 14 heteroatoms. The number of ether oxygens (including phenoxy) is 2. The summed E-state index contributed by atoms with van der Waals surface area (Å²) in [7, 11) is 1.17. The van der Waals surface area contributed by atoms with Gasteiger partial charge in [0.05, 0.1) is 30.9 Å². The van der Waals surface area contributed by atoms with Crippen molar-refractivity contribution in [2.75, 3.05) is 31.6 Å². The molecule has 186 valence electrons. The van der Waals surface area contributed by atoms with Gasteiger partial charge in [-0.3, -0.25) is 4.79 Å². The number of methoxy groups -OCH3 is 1. The highest BCUT2D eigenvalue weighted by Gasteiger charge is 2.53. The van der Waals surface area contributed by atoms with Crippen LogP contribution in [0, 0.1) is 17.2 Å². The number of nitrogens with one attached hydrogen (secondary N) is 1. The van der Waals surface area contributed by atoms with E-state index in [4.69, 9.17) is 10.00 Å². The molecule has 2 fully saturated rings. The van der Waals surface area contributed by atoms with Crippen molar-refractivity contribution in [1.82, 2.24) is 10.4 Å². The Morgan fingerprint density at radius 1 is 1.24 bits per heavy atom. The van der Waals surface area contributed by atoms with E-state index < -0.39 is 65.8 Å². The third-order valence-corrected chi connectivity index (χ3v) is 5.56. The number of hydrazine groups is 1. The Hall–Kier alpha value is -3.05. The normalized spacial score (nSPS) is 23.9. The third kappa shape index (κ3) is 5.36. The number of anilines is 1. The van der Waals surface area contributed by atoms with Gasteiger partial charge in [-0.25, -0.2) is 15.2 Å². The molecule has 2 heterocycles. The van der Waals surface area contributed by atoms with Gasteiger partial charge in [0.1, 0.15) is 6.10 Å². The Bertz CT molecular complexity index is 977. The molecule has 1 amide bonds. The molecule has 2 aliphatic heterocycles. The number of hydrogen-bond acceptors (Lipinski definition) is 7. The number of Topliss-reactive ketones (excluding diaryl/α,β-unsaturated/α-hetero) is 1. The third-order valence-electron chi connectivity index (χ3n) is 5.56. The van der Waals surface area contributed by atoms with Gasteiger partial charge in [0.2, 0.25) is 6.23 Å². The van der Waals surface area contributed by atoms with Gasteiger partial charge in [-0.15, -0.1) is 0 Å². The zero-order valence-electron chi connectivity index (χ0n) is 17.7. The number of ketones is 1. The van der Waals surface area contributed by atoms with E-state index in [2.05, 4.69) is 10.2 Å². The van der Waals surface area contributed by atoms with Gasteiger partial charge >= 0.3 is 18.4 Å². The van der Waals surface area contributed by atoms with Crippen LogP contribution < -0.4 is 10.3 Å². The first kappa shape index (κ1) is 25.6. The molecule has 1 aromatic rings. The summed E-state index contributed by atoms with van der Waals surface area (Å²) in [6.45, 7) is -0.478. The summed E-state index contributed by atoms with van der Waals surface area (Å²) in [6, 6.07) is 3.53. The number of halogens is 6. The molecule has 0 radical (unpaired) electrons. The van der Waals surface area contributed by atoms with Crippen molar-refractivity contribution in [3.8, 4) is 6.07 Å². The number of benzene rings is 1. The van der Waals surface area contributed by atoms with Crippen molar-refractivity contribution in [3.63, 3.8) is 0 Å². The highest BCUT2D eigenvalue weighted by molar-refractivity contribution is 5.87. The second kappa shape index (κ2) is 9.67. The number of carbonyl (C=O) groups excluding carboxylic acids is 2. The molecule has 1 aromatic carbocycles. The van der Waals surface area contributed by atoms with Gasteiger partial charge in [0, 0.05) is 24.7 Å².